The molecule has 2 rings (SSSR count). The second kappa shape index (κ2) is 10.8. The highest BCUT2D eigenvalue weighted by Gasteiger charge is 2.12. The minimum atomic E-state index is 0.194. The Kier molecular flexibility index (Phi) is 9.65. The van der Waals surface area contributed by atoms with E-state index in [4.69, 9.17) is 23.2 Å². The van der Waals surface area contributed by atoms with Crippen LogP contribution >= 0.6 is 23.2 Å². The van der Waals surface area contributed by atoms with Crippen LogP contribution in [0.1, 0.15) is 64.2 Å². The molecule has 0 amide bonds. The molecule has 18 heavy (non-hydrogen) atoms. The molecule has 0 atom stereocenters. The van der Waals surface area contributed by atoms with Crippen LogP contribution in [0.15, 0.2) is 9.98 Å². The first-order chi connectivity index (χ1) is 8.86. The zero-order valence-electron chi connectivity index (χ0n) is 11.1. The standard InChI is InChI=1S/C13H22N2.CH2Cl2/c1-3-7-12(8-4-1)14-11-15-13-9-5-2-6-10-13;2-1-3/h12-13H,1-10H2;1H2. The van der Waals surface area contributed by atoms with Gasteiger partial charge in [0.1, 0.15) is 0 Å². The van der Waals surface area contributed by atoms with E-state index in [1.807, 2.05) is 0 Å². The molecule has 2 aliphatic rings. The van der Waals surface area contributed by atoms with E-state index < -0.39 is 0 Å². The molecule has 2 aliphatic carbocycles. The van der Waals surface area contributed by atoms with E-state index in [9.17, 15) is 0 Å². The third-order valence-corrected chi connectivity index (χ3v) is 3.63. The van der Waals surface area contributed by atoms with Crippen molar-refractivity contribution in [3.8, 4) is 0 Å². The van der Waals surface area contributed by atoms with Crippen LogP contribution in [0.5, 0.6) is 0 Å². The van der Waals surface area contributed by atoms with Crippen molar-refractivity contribution in [1.29, 1.82) is 0 Å². The van der Waals surface area contributed by atoms with E-state index >= 15 is 0 Å². The summed E-state index contributed by atoms with van der Waals surface area (Å²) in [6, 6.07) is 4.04. The third kappa shape index (κ3) is 7.41. The van der Waals surface area contributed by atoms with Crippen molar-refractivity contribution >= 4 is 29.2 Å². The number of hydrogen-bond donors (Lipinski definition) is 0. The monoisotopic (exact) mass is 290 g/mol. The molecule has 0 aromatic rings. The number of rotatable bonds is 2. The first-order valence-electron chi connectivity index (χ1n) is 7.13. The molecule has 0 aliphatic heterocycles. The molecular weight excluding hydrogens is 267 g/mol. The highest BCUT2D eigenvalue weighted by atomic mass is 35.5. The topological polar surface area (TPSA) is 24.7 Å². The first kappa shape index (κ1) is 16.0. The largest absolute Gasteiger partial charge is 0.222 e. The summed E-state index contributed by atoms with van der Waals surface area (Å²) in [5.74, 6) is 0. The Morgan fingerprint density at radius 3 is 1.39 bits per heavy atom. The van der Waals surface area contributed by atoms with Crippen molar-refractivity contribution in [2.45, 2.75) is 76.3 Å². The SMILES string of the molecule is C(=NC1CCCCC1)=NC1CCCCC1.ClCCl. The number of nitrogens with zero attached hydrogens (tertiary/aromatic N) is 2. The van der Waals surface area contributed by atoms with Crippen molar-refractivity contribution in [2.24, 2.45) is 9.98 Å². The smallest absolute Gasteiger partial charge is 0.0967 e. The normalized spacial score (nSPS) is 21.4. The van der Waals surface area contributed by atoms with Crippen molar-refractivity contribution in [3.63, 3.8) is 0 Å². The van der Waals surface area contributed by atoms with Gasteiger partial charge in [-0.1, -0.05) is 38.5 Å². The van der Waals surface area contributed by atoms with Gasteiger partial charge in [-0.2, -0.15) is 0 Å². The van der Waals surface area contributed by atoms with Gasteiger partial charge < -0.3 is 0 Å². The lowest BCUT2D eigenvalue weighted by atomic mass is 9.96. The van der Waals surface area contributed by atoms with Gasteiger partial charge in [-0.25, -0.2) is 9.98 Å². The Bertz CT molecular complexity index is 229. The second-order valence-corrected chi connectivity index (χ2v) is 5.85. The highest BCUT2D eigenvalue weighted by Crippen LogP contribution is 2.21. The minimum Gasteiger partial charge on any atom is -0.222 e. The molecule has 2 fully saturated rings. The van der Waals surface area contributed by atoms with Crippen molar-refractivity contribution in [1.82, 2.24) is 0 Å². The summed E-state index contributed by atoms with van der Waals surface area (Å²) in [4.78, 5) is 8.92. The van der Waals surface area contributed by atoms with Crippen LogP contribution in [0.3, 0.4) is 0 Å². The van der Waals surface area contributed by atoms with Crippen molar-refractivity contribution in [3.05, 3.63) is 0 Å². The van der Waals surface area contributed by atoms with Crippen LogP contribution in [-0.2, 0) is 0 Å². The molecule has 0 unspecified atom stereocenters. The first-order valence-corrected chi connectivity index (χ1v) is 8.20. The van der Waals surface area contributed by atoms with Gasteiger partial charge in [0.25, 0.3) is 0 Å². The summed E-state index contributed by atoms with van der Waals surface area (Å²) in [5, 5.41) is 0.194. The molecule has 0 bridgehead atoms. The Morgan fingerprint density at radius 1 is 0.722 bits per heavy atom. The number of aliphatic imine (C=N–C) groups is 2. The summed E-state index contributed by atoms with van der Waals surface area (Å²) in [6.45, 7) is 0. The van der Waals surface area contributed by atoms with Gasteiger partial charge in [-0.05, 0) is 25.7 Å². The maximum Gasteiger partial charge on any atom is 0.0967 e. The van der Waals surface area contributed by atoms with E-state index in [1.165, 1.54) is 64.2 Å². The predicted molar refractivity (Wildman–Crippen MR) is 80.2 cm³/mol. The van der Waals surface area contributed by atoms with Gasteiger partial charge in [0, 0.05) is 0 Å². The third-order valence-electron chi connectivity index (χ3n) is 3.63. The molecule has 4 heteroatoms. The quantitative estimate of drug-likeness (QED) is 0.490. The molecule has 0 radical (unpaired) electrons. The van der Waals surface area contributed by atoms with Crippen LogP contribution in [0, 0.1) is 0 Å². The lowest BCUT2D eigenvalue weighted by Gasteiger charge is -2.17. The maximum atomic E-state index is 4.76. The van der Waals surface area contributed by atoms with Crippen LogP contribution in [0.25, 0.3) is 0 Å². The van der Waals surface area contributed by atoms with Crippen molar-refractivity contribution < 1.29 is 0 Å². The van der Waals surface area contributed by atoms with Gasteiger partial charge in [-0.3, -0.25) is 0 Å². The maximum absolute atomic E-state index is 4.76. The Hall–Kier alpha value is -0.0400. The molecule has 0 aromatic heterocycles. The van der Waals surface area contributed by atoms with Gasteiger partial charge in [0.2, 0.25) is 0 Å². The van der Waals surface area contributed by atoms with E-state index in [0.29, 0.717) is 12.1 Å². The lowest BCUT2D eigenvalue weighted by molar-refractivity contribution is 0.438. The molecule has 2 nitrogen and oxygen atoms in total. The molecule has 104 valence electrons. The Morgan fingerprint density at radius 2 is 1.06 bits per heavy atom. The van der Waals surface area contributed by atoms with Gasteiger partial charge >= 0.3 is 0 Å². The molecular formula is C14H24Cl2N2. The fraction of sp³-hybridized carbons (Fsp3) is 0.929. The fourth-order valence-electron chi connectivity index (χ4n) is 2.62. The number of alkyl halides is 2. The van der Waals surface area contributed by atoms with E-state index in [-0.39, 0.29) is 5.34 Å². The summed E-state index contributed by atoms with van der Waals surface area (Å²) in [5.41, 5.74) is 0. The highest BCUT2D eigenvalue weighted by molar-refractivity contribution is 6.40. The van der Waals surface area contributed by atoms with Crippen LogP contribution in [0.4, 0.5) is 0 Å². The predicted octanol–water partition coefficient (Wildman–Crippen LogP) is 5.25. The molecule has 0 saturated heterocycles. The summed E-state index contributed by atoms with van der Waals surface area (Å²) in [7, 11) is 0. The molecule has 0 aromatic carbocycles. The summed E-state index contributed by atoms with van der Waals surface area (Å²) in [6.07, 6.45) is 13.2. The van der Waals surface area contributed by atoms with E-state index in [0.717, 1.165) is 0 Å². The van der Waals surface area contributed by atoms with Gasteiger partial charge in [0.15, 0.2) is 0 Å². The summed E-state index contributed by atoms with van der Waals surface area (Å²) < 4.78 is 0. The second-order valence-electron chi connectivity index (χ2n) is 5.04. The van der Waals surface area contributed by atoms with Gasteiger partial charge in [0.05, 0.1) is 23.4 Å². The Balaban J connectivity index is 0.000000492. The van der Waals surface area contributed by atoms with E-state index in [1.54, 1.807) is 0 Å². The van der Waals surface area contributed by atoms with Crippen LogP contribution in [-0.4, -0.2) is 23.4 Å². The average Bonchev–Trinajstić information content (AvgIpc) is 2.42. The zero-order valence-corrected chi connectivity index (χ0v) is 12.6. The van der Waals surface area contributed by atoms with Crippen LogP contribution in [0.2, 0.25) is 0 Å². The lowest BCUT2D eigenvalue weighted by Crippen LogP contribution is -2.10. The van der Waals surface area contributed by atoms with E-state index in [2.05, 4.69) is 16.0 Å². The van der Waals surface area contributed by atoms with Crippen molar-refractivity contribution in [2.75, 3.05) is 5.34 Å². The van der Waals surface area contributed by atoms with Crippen LogP contribution < -0.4 is 0 Å². The summed E-state index contributed by atoms with van der Waals surface area (Å²) >= 11 is 9.53. The molecule has 0 N–H and O–H groups in total. The number of hydrogen-bond acceptors (Lipinski definition) is 2. The number of halogens is 2. The Labute approximate surface area is 121 Å². The zero-order chi connectivity index (χ0) is 13.1. The molecule has 0 spiro atoms. The molecule has 0 heterocycles. The fourth-order valence-corrected chi connectivity index (χ4v) is 2.62. The molecule has 2 saturated carbocycles. The van der Waals surface area contributed by atoms with Gasteiger partial charge in [-0.15, -0.1) is 23.2 Å². The minimum absolute atomic E-state index is 0.194. The average molecular weight is 291 g/mol.